The molecule has 12 rings (SSSR count). The van der Waals surface area contributed by atoms with Crippen LogP contribution in [0.4, 0.5) is 20.2 Å². The minimum absolute atomic E-state index is 0. The van der Waals surface area contributed by atoms with Crippen LogP contribution in [0.5, 0.6) is 11.5 Å². The number of piperazine rings is 2. The molecular weight excluding hydrogens is 1040 g/mol. The molecule has 4 fully saturated rings. The maximum absolute atomic E-state index is 15.3. The normalized spacial score (nSPS) is 19.1. The number of nitrogens with two attached hydrogens (primary N) is 2. The fourth-order valence-corrected chi connectivity index (χ4v) is 11.7. The van der Waals surface area contributed by atoms with Crippen LogP contribution in [-0.2, 0) is 9.31 Å². The molecule has 428 valence electrons. The highest BCUT2D eigenvalue weighted by Gasteiger charge is 2.38. The third-order valence-electron chi connectivity index (χ3n) is 16.4. The quantitative estimate of drug-likeness (QED) is 0.0525. The summed E-state index contributed by atoms with van der Waals surface area (Å²) in [6, 6.07) is 17.9. The van der Waals surface area contributed by atoms with Crippen LogP contribution in [0.2, 0.25) is 0 Å². The average Bonchev–Trinajstić information content (AvgIpc) is 4.59. The van der Waals surface area contributed by atoms with Crippen LogP contribution in [0.15, 0.2) is 82.6 Å². The predicted molar refractivity (Wildman–Crippen MR) is 311 cm³/mol. The van der Waals surface area contributed by atoms with Gasteiger partial charge in [0.15, 0.2) is 22.4 Å². The van der Waals surface area contributed by atoms with Gasteiger partial charge in [-0.1, -0.05) is 25.6 Å². The molecule has 0 spiro atoms. The van der Waals surface area contributed by atoms with E-state index in [0.29, 0.717) is 97.3 Å². The molecule has 2 saturated heterocycles. The second kappa shape index (κ2) is 24.5. The van der Waals surface area contributed by atoms with Crippen LogP contribution in [0, 0.1) is 11.6 Å². The Morgan fingerprint density at radius 1 is 0.642 bits per heavy atom. The number of aromatic nitrogens is 2. The van der Waals surface area contributed by atoms with Crippen LogP contribution < -0.4 is 52.5 Å². The molecule has 6 aliphatic rings. The number of carbonyl (C=O) groups is 2. The van der Waals surface area contributed by atoms with E-state index in [2.05, 4.69) is 9.80 Å². The van der Waals surface area contributed by atoms with Gasteiger partial charge >= 0.3 is 14.2 Å². The number of hydrogen-bond donors (Lipinski definition) is 4. The molecule has 2 aliphatic carbocycles. The Balaban J connectivity index is 0.000000180. The summed E-state index contributed by atoms with van der Waals surface area (Å²) in [7, 11) is -2.01. The molecule has 6 heterocycles. The Kier molecular flexibility index (Phi) is 17.5. The van der Waals surface area contributed by atoms with Gasteiger partial charge in [-0.2, -0.15) is 0 Å². The topological polar surface area (TPSA) is 221 Å². The predicted octanol–water partition coefficient (Wildman–Crippen LogP) is 4.61. The van der Waals surface area contributed by atoms with Crippen molar-refractivity contribution in [3.05, 3.63) is 127 Å². The summed E-state index contributed by atoms with van der Waals surface area (Å²) in [5.41, 5.74) is 16.4. The van der Waals surface area contributed by atoms with Crippen LogP contribution >= 0.6 is 0 Å². The summed E-state index contributed by atoms with van der Waals surface area (Å²) >= 11 is 0. The van der Waals surface area contributed by atoms with Crippen molar-refractivity contribution in [3.63, 3.8) is 0 Å². The van der Waals surface area contributed by atoms with Crippen molar-refractivity contribution in [1.29, 1.82) is 0 Å². The molecule has 0 bridgehead atoms. The van der Waals surface area contributed by atoms with Crippen molar-refractivity contribution in [2.45, 2.75) is 84.1 Å². The van der Waals surface area contributed by atoms with Gasteiger partial charge < -0.3 is 59.2 Å². The van der Waals surface area contributed by atoms with Gasteiger partial charge in [-0.05, 0) is 111 Å². The number of rotatable bonds is 18. The fourth-order valence-electron chi connectivity index (χ4n) is 11.7. The van der Waals surface area contributed by atoms with E-state index in [1.165, 1.54) is 26.0 Å². The van der Waals surface area contributed by atoms with Gasteiger partial charge in [-0.3, -0.25) is 29.0 Å². The molecule has 2 unspecified atom stereocenters. The highest BCUT2D eigenvalue weighted by atomic mass is 19.1. The molecule has 22 heteroatoms. The van der Waals surface area contributed by atoms with Gasteiger partial charge in [0.1, 0.15) is 23.1 Å². The average molecular weight is 1110 g/mol. The molecule has 6 N–H and O–H groups in total. The van der Waals surface area contributed by atoms with Crippen LogP contribution in [0.25, 0.3) is 21.8 Å². The van der Waals surface area contributed by atoms with Crippen molar-refractivity contribution in [2.75, 3.05) is 102 Å². The van der Waals surface area contributed by atoms with Gasteiger partial charge in [-0.25, -0.2) is 8.78 Å². The Morgan fingerprint density at radius 2 is 1.12 bits per heavy atom. The van der Waals surface area contributed by atoms with Crippen LogP contribution in [0.1, 0.15) is 116 Å². The van der Waals surface area contributed by atoms with Crippen LogP contribution in [0.3, 0.4) is 0 Å². The van der Waals surface area contributed by atoms with Crippen molar-refractivity contribution in [2.24, 2.45) is 11.5 Å². The summed E-state index contributed by atoms with van der Waals surface area (Å²) in [5.74, 6) is -0.154. The van der Waals surface area contributed by atoms with Crippen molar-refractivity contribution < 1.29 is 47.2 Å². The number of ether oxygens (including phenoxy) is 2. The minimum Gasteiger partial charge on any atom is -0.494 e. The highest BCUT2D eigenvalue weighted by Crippen LogP contribution is 2.40. The van der Waals surface area contributed by atoms with Crippen molar-refractivity contribution in [3.8, 4) is 11.5 Å². The van der Waals surface area contributed by atoms with E-state index in [1.807, 2.05) is 55.3 Å². The summed E-state index contributed by atoms with van der Waals surface area (Å²) in [6.45, 7) is 11.9. The maximum atomic E-state index is 15.3. The van der Waals surface area contributed by atoms with Gasteiger partial charge in [0.25, 0.3) is 0 Å². The fraction of sp³-hybridized carbons (Fsp3) is 0.458. The molecule has 18 nitrogen and oxygen atoms in total. The molecule has 2 saturated carbocycles. The Labute approximate surface area is 470 Å². The molecule has 0 radical (unpaired) electrons. The van der Waals surface area contributed by atoms with Gasteiger partial charge in [0.05, 0.1) is 59.0 Å². The summed E-state index contributed by atoms with van der Waals surface area (Å²) in [5, 5.41) is 20.9. The Morgan fingerprint density at radius 3 is 1.60 bits per heavy atom. The van der Waals surface area contributed by atoms with E-state index < -0.39 is 36.7 Å². The molecule has 2 atom stereocenters. The van der Waals surface area contributed by atoms with E-state index in [4.69, 9.17) is 30.2 Å². The smallest absolute Gasteiger partial charge is 0.494 e. The number of halogens is 2. The minimum atomic E-state index is -1.03. The van der Waals surface area contributed by atoms with E-state index in [1.54, 1.807) is 24.5 Å². The largest absolute Gasteiger partial charge is 0.495 e. The molecule has 6 aromatic rings. The first-order chi connectivity index (χ1) is 38.7. The molecule has 4 aliphatic heterocycles. The number of benzene rings is 4. The van der Waals surface area contributed by atoms with E-state index in [0.717, 1.165) is 88.9 Å². The summed E-state index contributed by atoms with van der Waals surface area (Å²) < 4.78 is 57.5. The zero-order valence-corrected chi connectivity index (χ0v) is 45.3. The Bertz CT molecular complexity index is 3450. The lowest BCUT2D eigenvalue weighted by molar-refractivity contribution is 0.100. The molecule has 2 aromatic heterocycles. The third kappa shape index (κ3) is 12.1. The van der Waals surface area contributed by atoms with Crippen molar-refractivity contribution >= 4 is 69.9 Å². The highest BCUT2D eigenvalue weighted by molar-refractivity contribution is 6.63. The monoisotopic (exact) mass is 1110 g/mol. The number of carbonyl (C=O) groups excluding carboxylic acids is 2. The van der Waals surface area contributed by atoms with Gasteiger partial charge in [-0.15, -0.1) is 0 Å². The number of pyridine rings is 2. The Hall–Kier alpha value is -6.49. The summed E-state index contributed by atoms with van der Waals surface area (Å²) in [6.07, 6.45) is 8.28. The number of ketones is 2. The summed E-state index contributed by atoms with van der Waals surface area (Å²) in [4.78, 5) is 58.6. The first kappa shape index (κ1) is 57.7. The number of anilines is 2. The number of nitrogens with zero attached hydrogens (tertiary/aromatic N) is 6. The second-order valence-corrected chi connectivity index (χ2v) is 21.8. The molecule has 81 heavy (non-hydrogen) atoms. The molecular formula is C59H72B2F2N8O10. The van der Waals surface area contributed by atoms with E-state index >= 15 is 8.78 Å². The zero-order chi connectivity index (χ0) is 55.9. The molecule has 0 amide bonds. The van der Waals surface area contributed by atoms with Crippen LogP contribution in [-0.4, -0.2) is 147 Å². The van der Waals surface area contributed by atoms with E-state index in [-0.39, 0.29) is 65.2 Å². The zero-order valence-electron chi connectivity index (χ0n) is 45.3. The first-order valence-corrected chi connectivity index (χ1v) is 28.0. The third-order valence-corrected chi connectivity index (χ3v) is 16.4. The lowest BCUT2D eigenvalue weighted by Gasteiger charge is -2.36. The van der Waals surface area contributed by atoms with E-state index in [9.17, 15) is 29.2 Å². The lowest BCUT2D eigenvalue weighted by atomic mass is 9.78. The molecule has 4 aromatic carbocycles. The van der Waals surface area contributed by atoms with Gasteiger partial charge in [0.2, 0.25) is 0 Å². The van der Waals surface area contributed by atoms with Crippen molar-refractivity contribution in [1.82, 2.24) is 18.9 Å². The number of hydrogen-bond acceptors (Lipinski definition) is 16. The lowest BCUT2D eigenvalue weighted by Crippen LogP contribution is -2.47. The second-order valence-electron chi connectivity index (χ2n) is 21.8. The SMILES string of the molecule is C.CC(=O)c1cn(C2CC2)c2cc(N3CCN(CCCOc4ccc5c(c4)B(O)OC5CN)CC3)c(F)cc2c1=O.CC(=O)c1cn(C2CC2)c2cc(N3CCN(CCCOc4cccc5c4B(O)OC5CN)CC3)c(F)cc2c1=O. The van der Waals surface area contributed by atoms with Gasteiger partial charge in [0, 0.05) is 119 Å². The standard InChI is InChI=1S/2C29H34BFN4O5.CH4/c1-18(36)23-17-35(19-3-4-19)26-15-27(25(31)14-22(26)29(23)37)34-10-8-33(9-11-34)7-2-12-39-20-5-6-21-24(13-20)30(38)40-28(21)16-32;1-18(36)22-17-35(19-6-7-19)24-15-25(23(31)14-21(24)29(22)37)34-11-9-33(10-12-34)8-3-13-39-26-5-2-4-20-27(16-32)40-30(38)28(20)26;/h5-6,13-15,17,19,28,38H,2-4,7-12,16,32H2,1H3;2,4-5,14-15,17,19,27,38H,3,6-13,16,32H2,1H3;1H4. The maximum Gasteiger partial charge on any atom is 0.495 e. The first-order valence-electron chi connectivity index (χ1n) is 28.0. The number of Topliss-reactive ketones (excluding diaryl/α,β-unsaturated/α-hetero) is 2. The number of fused-ring (bicyclic) bond motifs is 4.